The average Bonchev–Trinajstić information content (AvgIpc) is 3.21. The van der Waals surface area contributed by atoms with Gasteiger partial charge in [0, 0.05) is 28.1 Å². The minimum atomic E-state index is 0.909. The lowest BCUT2D eigenvalue weighted by Gasteiger charge is -2.33. The Labute approximate surface area is 315 Å². The Morgan fingerprint density at radius 3 is 1.74 bits per heavy atom. The van der Waals surface area contributed by atoms with Crippen LogP contribution in [0.5, 0.6) is 0 Å². The van der Waals surface area contributed by atoms with Crippen LogP contribution in [0.25, 0.3) is 54.7 Å². The van der Waals surface area contributed by atoms with Crippen LogP contribution in [0.3, 0.4) is 0 Å². The molecule has 0 atom stereocenters. The topological polar surface area (TPSA) is 6.48 Å². The van der Waals surface area contributed by atoms with Gasteiger partial charge in [-0.25, -0.2) is 0 Å². The van der Waals surface area contributed by atoms with E-state index in [4.69, 9.17) is 0 Å². The number of benzene rings is 9. The van der Waals surface area contributed by atoms with Gasteiger partial charge in [-0.1, -0.05) is 127 Å². The second-order valence-corrected chi connectivity index (χ2v) is 14.9. The smallest absolute Gasteiger partial charge is 0.0540 e. The summed E-state index contributed by atoms with van der Waals surface area (Å²) in [5.41, 5.74) is 15.1. The van der Waals surface area contributed by atoms with Gasteiger partial charge in [-0.3, -0.25) is 0 Å². The molecule has 0 aliphatic heterocycles. The first-order valence-corrected chi connectivity index (χ1v) is 19.0. The first-order chi connectivity index (χ1) is 26.6. The second kappa shape index (κ2) is 11.9. The summed E-state index contributed by atoms with van der Waals surface area (Å²) in [4.78, 5) is 4.98. The monoisotopic (exact) mass is 690 g/mol. The highest BCUT2D eigenvalue weighted by atomic mass is 15.2. The van der Waals surface area contributed by atoms with E-state index in [2.05, 4.69) is 194 Å². The molecule has 0 unspecified atom stereocenters. The Balaban J connectivity index is 1.16. The third kappa shape index (κ3) is 4.60. The van der Waals surface area contributed by atoms with Crippen molar-refractivity contribution in [3.8, 4) is 0 Å². The van der Waals surface area contributed by atoms with Crippen LogP contribution in [0.15, 0.2) is 164 Å². The molecule has 0 fully saturated rings. The Morgan fingerprint density at radius 2 is 1.02 bits per heavy atom. The molecule has 0 amide bonds. The van der Waals surface area contributed by atoms with E-state index in [9.17, 15) is 0 Å². The molecule has 2 heteroatoms. The number of hydrogen-bond donors (Lipinski definition) is 0. The molecule has 11 rings (SSSR count). The van der Waals surface area contributed by atoms with Crippen molar-refractivity contribution in [2.75, 3.05) is 9.80 Å². The highest BCUT2D eigenvalue weighted by Gasteiger charge is 2.26. The predicted molar refractivity (Wildman–Crippen MR) is 232 cm³/mol. The van der Waals surface area contributed by atoms with Gasteiger partial charge < -0.3 is 9.80 Å². The van der Waals surface area contributed by atoms with Crippen molar-refractivity contribution in [1.29, 1.82) is 0 Å². The summed E-state index contributed by atoms with van der Waals surface area (Å²) in [5.74, 6) is 0. The summed E-state index contributed by atoms with van der Waals surface area (Å²) in [6, 6.07) is 56.4. The van der Waals surface area contributed by atoms with Crippen LogP contribution in [0, 0.1) is 13.8 Å². The van der Waals surface area contributed by atoms with Crippen LogP contribution in [0.2, 0.25) is 0 Å². The number of hydrogen-bond acceptors (Lipinski definition) is 2. The fourth-order valence-electron chi connectivity index (χ4n) is 9.35. The zero-order valence-electron chi connectivity index (χ0n) is 30.5. The summed E-state index contributed by atoms with van der Waals surface area (Å²) < 4.78 is 0. The van der Waals surface area contributed by atoms with E-state index in [0.29, 0.717) is 0 Å². The second-order valence-electron chi connectivity index (χ2n) is 14.9. The number of para-hydroxylation sites is 2. The van der Waals surface area contributed by atoms with Gasteiger partial charge >= 0.3 is 0 Å². The molecule has 0 bridgehead atoms. The van der Waals surface area contributed by atoms with Crippen molar-refractivity contribution in [2.24, 2.45) is 0 Å². The van der Waals surface area contributed by atoms with Gasteiger partial charge in [-0.15, -0.1) is 0 Å². The van der Waals surface area contributed by atoms with E-state index in [1.165, 1.54) is 99.2 Å². The SMILES string of the molecule is Cc1ccccc1N(c1cccc(N(c2ccccc2C)c2ccc3ccc4cccc5ccc2c3c45)c1)c1ccc2ccc3c4c2c1CC=C4CC=C3. The molecule has 2 nitrogen and oxygen atoms in total. The lowest BCUT2D eigenvalue weighted by atomic mass is 9.81. The Hall–Kier alpha value is -6.64. The molecule has 9 aromatic rings. The first-order valence-electron chi connectivity index (χ1n) is 19.0. The Kier molecular flexibility index (Phi) is 6.84. The fraction of sp³-hybridized carbons (Fsp3) is 0.0769. The van der Waals surface area contributed by atoms with E-state index >= 15 is 0 Å². The zero-order valence-corrected chi connectivity index (χ0v) is 30.5. The number of allylic oxidation sites excluding steroid dienone is 3. The van der Waals surface area contributed by atoms with E-state index in [1.54, 1.807) is 0 Å². The van der Waals surface area contributed by atoms with Crippen LogP contribution < -0.4 is 9.80 Å². The molecule has 0 saturated carbocycles. The molecular formula is C52H38N2. The normalized spacial score (nSPS) is 13.3. The van der Waals surface area contributed by atoms with Gasteiger partial charge in [-0.2, -0.15) is 0 Å². The quantitative estimate of drug-likeness (QED) is 0.160. The maximum Gasteiger partial charge on any atom is 0.0540 e. The van der Waals surface area contributed by atoms with Crippen molar-refractivity contribution in [3.05, 3.63) is 192 Å². The summed E-state index contributed by atoms with van der Waals surface area (Å²) in [5, 5.41) is 10.4. The average molecular weight is 691 g/mol. The van der Waals surface area contributed by atoms with Crippen LogP contribution in [0.4, 0.5) is 34.1 Å². The minimum absolute atomic E-state index is 0.909. The van der Waals surface area contributed by atoms with Gasteiger partial charge in [0.1, 0.15) is 0 Å². The number of nitrogens with zero attached hydrogens (tertiary/aromatic N) is 2. The summed E-state index contributed by atoms with van der Waals surface area (Å²) >= 11 is 0. The molecule has 0 spiro atoms. The van der Waals surface area contributed by atoms with Crippen molar-refractivity contribution in [1.82, 2.24) is 0 Å². The minimum Gasteiger partial charge on any atom is -0.310 e. The maximum absolute atomic E-state index is 2.50. The standard InChI is InChI=1S/C52H38N2/c1-33-10-3-5-18-45(33)53(47-30-26-39-22-20-35-12-7-14-37-24-28-43(47)51(39)49(35)37)41-16-9-17-42(32-41)54(46-19-6-4-11-34(46)2)48-31-27-40-23-21-36-13-8-15-38-25-29-44(48)52(40)50(36)38/h3-14,16-28,30-32H,15,29H2,1-2H3. The van der Waals surface area contributed by atoms with E-state index in [1.807, 2.05) is 0 Å². The molecule has 256 valence electrons. The summed E-state index contributed by atoms with van der Waals surface area (Å²) in [6.07, 6.45) is 8.98. The summed E-state index contributed by atoms with van der Waals surface area (Å²) in [6.45, 7) is 4.45. The fourth-order valence-corrected chi connectivity index (χ4v) is 9.35. The number of aryl methyl sites for hydroxylation is 2. The van der Waals surface area contributed by atoms with E-state index in [0.717, 1.165) is 24.2 Å². The van der Waals surface area contributed by atoms with Gasteiger partial charge in [0.25, 0.3) is 0 Å². The molecule has 0 radical (unpaired) electrons. The third-order valence-corrected chi connectivity index (χ3v) is 11.9. The number of rotatable bonds is 6. The van der Waals surface area contributed by atoms with Crippen molar-refractivity contribution < 1.29 is 0 Å². The predicted octanol–water partition coefficient (Wildman–Crippen LogP) is 14.7. The molecule has 0 heterocycles. The first kappa shape index (κ1) is 30.9. The maximum atomic E-state index is 2.50. The zero-order chi connectivity index (χ0) is 35.9. The molecular weight excluding hydrogens is 653 g/mol. The van der Waals surface area contributed by atoms with E-state index in [-0.39, 0.29) is 0 Å². The van der Waals surface area contributed by atoms with Gasteiger partial charge in [0.05, 0.1) is 11.4 Å². The van der Waals surface area contributed by atoms with Crippen LogP contribution >= 0.6 is 0 Å². The molecule has 0 N–H and O–H groups in total. The molecule has 9 aromatic carbocycles. The largest absolute Gasteiger partial charge is 0.310 e. The third-order valence-electron chi connectivity index (χ3n) is 11.9. The van der Waals surface area contributed by atoms with Gasteiger partial charge in [-0.05, 0) is 140 Å². The molecule has 2 aliphatic rings. The number of anilines is 6. The van der Waals surface area contributed by atoms with Crippen molar-refractivity contribution >= 4 is 88.9 Å². The van der Waals surface area contributed by atoms with E-state index < -0.39 is 0 Å². The Morgan fingerprint density at radius 1 is 0.444 bits per heavy atom. The highest BCUT2D eigenvalue weighted by Crippen LogP contribution is 2.49. The van der Waals surface area contributed by atoms with Crippen molar-refractivity contribution in [3.63, 3.8) is 0 Å². The molecule has 2 aliphatic carbocycles. The van der Waals surface area contributed by atoms with Crippen LogP contribution in [0.1, 0.15) is 34.2 Å². The molecule has 0 aromatic heterocycles. The lowest BCUT2D eigenvalue weighted by Crippen LogP contribution is -2.16. The van der Waals surface area contributed by atoms with Crippen molar-refractivity contribution in [2.45, 2.75) is 26.7 Å². The van der Waals surface area contributed by atoms with Gasteiger partial charge in [0.2, 0.25) is 0 Å². The highest BCUT2D eigenvalue weighted by molar-refractivity contribution is 6.25. The Bertz CT molecular complexity index is 3020. The lowest BCUT2D eigenvalue weighted by molar-refractivity contribution is 1.17. The molecule has 54 heavy (non-hydrogen) atoms. The molecule has 0 saturated heterocycles. The summed E-state index contributed by atoms with van der Waals surface area (Å²) in [7, 11) is 0. The van der Waals surface area contributed by atoms with Gasteiger partial charge in [0.15, 0.2) is 0 Å². The van der Waals surface area contributed by atoms with Crippen LogP contribution in [-0.2, 0) is 6.42 Å². The van der Waals surface area contributed by atoms with Crippen LogP contribution in [-0.4, -0.2) is 0 Å².